The van der Waals surface area contributed by atoms with E-state index in [1.807, 2.05) is 68.4 Å². The summed E-state index contributed by atoms with van der Waals surface area (Å²) < 4.78 is 7.21. The fourth-order valence-electron chi connectivity index (χ4n) is 3.26. The molecule has 0 bridgehead atoms. The van der Waals surface area contributed by atoms with Crippen molar-refractivity contribution in [3.8, 4) is 16.9 Å². The molecule has 0 saturated carbocycles. The van der Waals surface area contributed by atoms with Gasteiger partial charge in [0.2, 0.25) is 0 Å². The van der Waals surface area contributed by atoms with Crippen LogP contribution in [0.15, 0.2) is 65.7 Å². The molecule has 0 atom stereocenters. The number of aromatic nitrogens is 2. The van der Waals surface area contributed by atoms with Gasteiger partial charge in [0.1, 0.15) is 10.6 Å². The molecule has 4 nitrogen and oxygen atoms in total. The van der Waals surface area contributed by atoms with E-state index in [4.69, 9.17) is 4.74 Å². The van der Waals surface area contributed by atoms with E-state index in [0.717, 1.165) is 32.1 Å². The lowest BCUT2D eigenvalue weighted by molar-refractivity contribution is 0.340. The highest BCUT2D eigenvalue weighted by atomic mass is 32.1. The van der Waals surface area contributed by atoms with Crippen molar-refractivity contribution in [2.45, 2.75) is 20.4 Å². The maximum Gasteiger partial charge on any atom is 0.263 e. The number of hydrogen-bond donors (Lipinski definition) is 0. The van der Waals surface area contributed by atoms with Gasteiger partial charge < -0.3 is 4.74 Å². The molecule has 0 amide bonds. The summed E-state index contributed by atoms with van der Waals surface area (Å²) in [5, 5.41) is 0.695. The van der Waals surface area contributed by atoms with Gasteiger partial charge in [0.15, 0.2) is 0 Å². The summed E-state index contributed by atoms with van der Waals surface area (Å²) in [4.78, 5) is 19.6. The second kappa shape index (κ2) is 7.37. The monoisotopic (exact) mass is 376 g/mol. The third-order valence-corrected chi connectivity index (χ3v) is 5.52. The molecule has 0 N–H and O–H groups in total. The van der Waals surface area contributed by atoms with E-state index in [-0.39, 0.29) is 5.56 Å². The van der Waals surface area contributed by atoms with Gasteiger partial charge in [0, 0.05) is 10.4 Å². The molecule has 2 aromatic carbocycles. The molecule has 4 aromatic rings. The van der Waals surface area contributed by atoms with E-state index < -0.39 is 0 Å². The lowest BCUT2D eigenvalue weighted by Gasteiger charge is -2.08. The molecule has 0 aliphatic rings. The van der Waals surface area contributed by atoms with Crippen LogP contribution in [0.2, 0.25) is 0 Å². The topological polar surface area (TPSA) is 44.1 Å². The summed E-state index contributed by atoms with van der Waals surface area (Å²) in [6.07, 6.45) is 1.65. The smallest absolute Gasteiger partial charge is 0.263 e. The molecule has 2 aromatic heterocycles. The minimum Gasteiger partial charge on any atom is -0.494 e. The highest BCUT2D eigenvalue weighted by Gasteiger charge is 2.17. The van der Waals surface area contributed by atoms with E-state index in [1.165, 1.54) is 0 Å². The van der Waals surface area contributed by atoms with E-state index >= 15 is 0 Å². The van der Waals surface area contributed by atoms with Gasteiger partial charge in [-0.1, -0.05) is 42.5 Å². The standard InChI is InChI=1S/C22H20N2O2S/c1-3-26-18-11-9-17(10-12-18)19-15(2)27-21-20(19)22(25)24(14-23-21)13-16-7-5-4-6-8-16/h4-12,14H,3,13H2,1-2H3. The van der Waals surface area contributed by atoms with Crippen LogP contribution in [0, 0.1) is 6.92 Å². The molecule has 0 unspecified atom stereocenters. The highest BCUT2D eigenvalue weighted by molar-refractivity contribution is 7.19. The van der Waals surface area contributed by atoms with Crippen molar-refractivity contribution in [1.29, 1.82) is 0 Å². The van der Waals surface area contributed by atoms with Crippen molar-refractivity contribution < 1.29 is 4.74 Å². The maximum atomic E-state index is 13.2. The predicted octanol–water partition coefficient (Wildman–Crippen LogP) is 4.88. The van der Waals surface area contributed by atoms with Crippen molar-refractivity contribution in [1.82, 2.24) is 9.55 Å². The third-order valence-electron chi connectivity index (χ3n) is 4.50. The van der Waals surface area contributed by atoms with Crippen LogP contribution in [0.4, 0.5) is 0 Å². The van der Waals surface area contributed by atoms with Gasteiger partial charge >= 0.3 is 0 Å². The van der Waals surface area contributed by atoms with Crippen molar-refractivity contribution >= 4 is 21.6 Å². The summed E-state index contributed by atoms with van der Waals surface area (Å²) in [7, 11) is 0. The summed E-state index contributed by atoms with van der Waals surface area (Å²) in [5.41, 5.74) is 3.06. The Balaban J connectivity index is 1.82. The Bertz CT molecular complexity index is 1130. The zero-order valence-corrected chi connectivity index (χ0v) is 16.1. The molecule has 27 heavy (non-hydrogen) atoms. The van der Waals surface area contributed by atoms with Crippen LogP contribution in [0.1, 0.15) is 17.4 Å². The Morgan fingerprint density at radius 1 is 1.07 bits per heavy atom. The summed E-state index contributed by atoms with van der Waals surface area (Å²) in [6, 6.07) is 17.9. The van der Waals surface area contributed by atoms with Crippen LogP contribution < -0.4 is 10.3 Å². The van der Waals surface area contributed by atoms with Gasteiger partial charge in [0.05, 0.1) is 24.9 Å². The zero-order chi connectivity index (χ0) is 18.8. The van der Waals surface area contributed by atoms with Gasteiger partial charge in [-0.3, -0.25) is 9.36 Å². The van der Waals surface area contributed by atoms with E-state index in [0.29, 0.717) is 18.5 Å². The number of fused-ring (bicyclic) bond motifs is 1. The third kappa shape index (κ3) is 3.38. The van der Waals surface area contributed by atoms with Gasteiger partial charge in [-0.25, -0.2) is 4.98 Å². The lowest BCUT2D eigenvalue weighted by Crippen LogP contribution is -2.21. The zero-order valence-electron chi connectivity index (χ0n) is 15.3. The number of ether oxygens (including phenoxy) is 1. The van der Waals surface area contributed by atoms with Crippen LogP contribution in [-0.2, 0) is 6.54 Å². The fraction of sp³-hybridized carbons (Fsp3) is 0.182. The average molecular weight is 376 g/mol. The maximum absolute atomic E-state index is 13.2. The second-order valence-corrected chi connectivity index (χ2v) is 7.54. The molecule has 0 spiro atoms. The van der Waals surface area contributed by atoms with Gasteiger partial charge in [-0.05, 0) is 37.1 Å². The summed E-state index contributed by atoms with van der Waals surface area (Å²) >= 11 is 1.56. The van der Waals surface area contributed by atoms with Crippen LogP contribution in [-0.4, -0.2) is 16.2 Å². The highest BCUT2D eigenvalue weighted by Crippen LogP contribution is 2.36. The largest absolute Gasteiger partial charge is 0.494 e. The minimum absolute atomic E-state index is 0.00270. The Morgan fingerprint density at radius 3 is 2.52 bits per heavy atom. The number of nitrogens with zero attached hydrogens (tertiary/aromatic N) is 2. The first-order valence-corrected chi connectivity index (χ1v) is 9.74. The van der Waals surface area contributed by atoms with Crippen LogP contribution >= 0.6 is 11.3 Å². The number of hydrogen-bond acceptors (Lipinski definition) is 4. The van der Waals surface area contributed by atoms with Crippen LogP contribution in [0.25, 0.3) is 21.3 Å². The van der Waals surface area contributed by atoms with Crippen molar-refractivity contribution in [3.05, 3.63) is 81.7 Å². The molecule has 0 saturated heterocycles. The van der Waals surface area contributed by atoms with Crippen LogP contribution in [0.5, 0.6) is 5.75 Å². The molecule has 5 heteroatoms. The Kier molecular flexibility index (Phi) is 4.77. The Hall–Kier alpha value is -2.92. The van der Waals surface area contributed by atoms with Gasteiger partial charge in [-0.15, -0.1) is 11.3 Å². The first-order chi connectivity index (χ1) is 13.2. The molecule has 136 valence electrons. The summed E-state index contributed by atoms with van der Waals surface area (Å²) in [6.45, 7) is 5.15. The molecule has 4 rings (SSSR count). The molecule has 2 heterocycles. The number of thiophene rings is 1. The number of benzene rings is 2. The summed E-state index contributed by atoms with van der Waals surface area (Å²) in [5.74, 6) is 0.832. The quantitative estimate of drug-likeness (QED) is 0.499. The SMILES string of the molecule is CCOc1ccc(-c2c(C)sc3ncn(Cc4ccccc4)c(=O)c23)cc1. The van der Waals surface area contributed by atoms with Crippen LogP contribution in [0.3, 0.4) is 0 Å². The fourth-order valence-corrected chi connectivity index (χ4v) is 4.27. The van der Waals surface area contributed by atoms with E-state index in [9.17, 15) is 4.79 Å². The first-order valence-electron chi connectivity index (χ1n) is 8.93. The average Bonchev–Trinajstić information content (AvgIpc) is 3.03. The lowest BCUT2D eigenvalue weighted by atomic mass is 10.0. The van der Waals surface area contributed by atoms with Crippen molar-refractivity contribution in [3.63, 3.8) is 0 Å². The Labute approximate surface area is 161 Å². The molecule has 0 aliphatic heterocycles. The normalized spacial score (nSPS) is 11.0. The minimum atomic E-state index is -0.00270. The molecule has 0 radical (unpaired) electrons. The molecule has 0 fully saturated rings. The van der Waals surface area contributed by atoms with E-state index in [1.54, 1.807) is 22.2 Å². The number of aryl methyl sites for hydroxylation is 1. The van der Waals surface area contributed by atoms with Crippen molar-refractivity contribution in [2.75, 3.05) is 6.61 Å². The number of rotatable bonds is 5. The van der Waals surface area contributed by atoms with E-state index in [2.05, 4.69) is 4.98 Å². The molecular weight excluding hydrogens is 356 g/mol. The first kappa shape index (κ1) is 17.5. The Morgan fingerprint density at radius 2 is 1.81 bits per heavy atom. The molecule has 0 aliphatic carbocycles. The van der Waals surface area contributed by atoms with Crippen molar-refractivity contribution in [2.24, 2.45) is 0 Å². The molecular formula is C22H20N2O2S. The van der Waals surface area contributed by atoms with Gasteiger partial charge in [0.25, 0.3) is 5.56 Å². The second-order valence-electron chi connectivity index (χ2n) is 6.33. The van der Waals surface area contributed by atoms with Gasteiger partial charge in [-0.2, -0.15) is 0 Å². The predicted molar refractivity (Wildman–Crippen MR) is 111 cm³/mol.